The molecule has 17 heavy (non-hydrogen) atoms. The van der Waals surface area contributed by atoms with E-state index in [0.717, 1.165) is 25.1 Å². The van der Waals surface area contributed by atoms with Crippen LogP contribution in [0.25, 0.3) is 0 Å². The smallest absolute Gasteiger partial charge is 0.315 e. The van der Waals surface area contributed by atoms with Crippen LogP contribution in [0.1, 0.15) is 19.3 Å². The van der Waals surface area contributed by atoms with Crippen LogP contribution in [0.4, 0.5) is 0 Å². The van der Waals surface area contributed by atoms with Crippen LogP contribution >= 0.6 is 11.8 Å². The van der Waals surface area contributed by atoms with Crippen molar-refractivity contribution in [2.45, 2.75) is 24.9 Å². The molecule has 2 fully saturated rings. The first kappa shape index (κ1) is 13.2. The third-order valence-electron chi connectivity index (χ3n) is 4.15. The molecule has 2 unspecified atom stereocenters. The summed E-state index contributed by atoms with van der Waals surface area (Å²) in [7, 11) is 3.41. The van der Waals surface area contributed by atoms with Crippen molar-refractivity contribution in [2.24, 2.45) is 5.41 Å². The number of nitrogens with zero attached hydrogens (tertiary/aromatic N) is 1. The maximum absolute atomic E-state index is 12.2. The van der Waals surface area contributed by atoms with Gasteiger partial charge in [-0.2, -0.15) is 11.8 Å². The predicted molar refractivity (Wildman–Crippen MR) is 68.1 cm³/mol. The van der Waals surface area contributed by atoms with Gasteiger partial charge in [-0.15, -0.1) is 0 Å². The molecule has 2 rings (SSSR count). The minimum Gasteiger partial charge on any atom is -0.468 e. The Morgan fingerprint density at radius 2 is 2.24 bits per heavy atom. The van der Waals surface area contributed by atoms with Crippen molar-refractivity contribution in [2.75, 3.05) is 38.8 Å². The second-order valence-electron chi connectivity index (χ2n) is 5.25. The fraction of sp³-hybridized carbons (Fsp3) is 0.917. The van der Waals surface area contributed by atoms with E-state index in [4.69, 9.17) is 4.74 Å². The summed E-state index contributed by atoms with van der Waals surface area (Å²) < 4.78 is 4.98. The van der Waals surface area contributed by atoms with Crippen molar-refractivity contribution in [1.29, 1.82) is 0 Å². The molecule has 0 aliphatic carbocycles. The molecule has 4 nitrogen and oxygen atoms in total. The first-order valence-corrected chi connectivity index (χ1v) is 7.27. The van der Waals surface area contributed by atoms with Gasteiger partial charge in [0.05, 0.1) is 12.7 Å². The molecule has 0 amide bonds. The summed E-state index contributed by atoms with van der Waals surface area (Å²) in [5.41, 5.74) is -1.61. The van der Waals surface area contributed by atoms with E-state index < -0.39 is 11.0 Å². The fourth-order valence-corrected chi connectivity index (χ4v) is 4.45. The standard InChI is InChI=1S/C12H21NO3S/c1-13-6-5-12(15,8-13)11(10(14)16-2)4-3-7-17-9-11/h15H,3-9H2,1-2H3. The molecule has 0 saturated carbocycles. The van der Waals surface area contributed by atoms with Crippen molar-refractivity contribution in [3.63, 3.8) is 0 Å². The minimum atomic E-state index is -0.914. The van der Waals surface area contributed by atoms with Crippen LogP contribution in [0.5, 0.6) is 0 Å². The molecule has 2 atom stereocenters. The van der Waals surface area contributed by atoms with E-state index in [0.29, 0.717) is 18.7 Å². The van der Waals surface area contributed by atoms with Crippen molar-refractivity contribution < 1.29 is 14.6 Å². The molecule has 0 aromatic heterocycles. The highest BCUT2D eigenvalue weighted by atomic mass is 32.2. The topological polar surface area (TPSA) is 49.8 Å². The van der Waals surface area contributed by atoms with Crippen LogP contribution in [-0.4, -0.2) is 60.3 Å². The van der Waals surface area contributed by atoms with Gasteiger partial charge in [0.1, 0.15) is 5.41 Å². The molecule has 2 aliphatic heterocycles. The van der Waals surface area contributed by atoms with Crippen molar-refractivity contribution >= 4 is 17.7 Å². The number of carbonyl (C=O) groups is 1. The monoisotopic (exact) mass is 259 g/mol. The summed E-state index contributed by atoms with van der Waals surface area (Å²) in [6.07, 6.45) is 2.39. The number of aliphatic hydroxyl groups is 1. The quantitative estimate of drug-likeness (QED) is 0.741. The molecule has 2 aliphatic rings. The SMILES string of the molecule is COC(=O)C1(C2(O)CCN(C)C2)CCCSC1. The number of carbonyl (C=O) groups excluding carboxylic acids is 1. The zero-order valence-corrected chi connectivity index (χ0v) is 11.4. The number of hydrogen-bond donors (Lipinski definition) is 1. The Hall–Kier alpha value is -0.260. The van der Waals surface area contributed by atoms with Gasteiger partial charge in [-0.25, -0.2) is 0 Å². The zero-order chi connectivity index (χ0) is 12.5. The number of β-amino-alcohol motifs (C(OH)–C–C–N with tert-alkyl or cyclic N) is 1. The van der Waals surface area contributed by atoms with Gasteiger partial charge in [-0.1, -0.05) is 0 Å². The zero-order valence-electron chi connectivity index (χ0n) is 10.6. The van der Waals surface area contributed by atoms with Gasteiger partial charge < -0.3 is 14.7 Å². The molecule has 0 spiro atoms. The summed E-state index contributed by atoms with van der Waals surface area (Å²) in [5.74, 6) is 1.52. The first-order chi connectivity index (χ1) is 8.04. The Kier molecular flexibility index (Phi) is 3.71. The number of likely N-dealkylation sites (tertiary alicyclic amines) is 1. The number of ether oxygens (including phenoxy) is 1. The number of hydrogen-bond acceptors (Lipinski definition) is 5. The van der Waals surface area contributed by atoms with Gasteiger partial charge in [0, 0.05) is 18.8 Å². The molecule has 0 radical (unpaired) electrons. The molecule has 0 bridgehead atoms. The second-order valence-corrected chi connectivity index (χ2v) is 6.35. The molecular weight excluding hydrogens is 238 g/mol. The van der Waals surface area contributed by atoms with Crippen LogP contribution in [0.3, 0.4) is 0 Å². The summed E-state index contributed by atoms with van der Waals surface area (Å²) >= 11 is 1.75. The molecule has 2 heterocycles. The largest absolute Gasteiger partial charge is 0.468 e. The highest BCUT2D eigenvalue weighted by Gasteiger charge is 2.58. The molecule has 98 valence electrons. The molecular formula is C12H21NO3S. The Morgan fingerprint density at radius 3 is 2.71 bits per heavy atom. The molecule has 0 aromatic carbocycles. The summed E-state index contributed by atoms with van der Waals surface area (Å²) in [5, 5.41) is 10.9. The highest BCUT2D eigenvalue weighted by Crippen LogP contribution is 2.47. The number of likely N-dealkylation sites (N-methyl/N-ethyl adjacent to an activating group) is 1. The van der Waals surface area contributed by atoms with Gasteiger partial charge in [-0.05, 0) is 32.1 Å². The predicted octanol–water partition coefficient (Wildman–Crippen LogP) is 0.739. The van der Waals surface area contributed by atoms with Crippen LogP contribution in [-0.2, 0) is 9.53 Å². The van der Waals surface area contributed by atoms with Gasteiger partial charge in [0.15, 0.2) is 0 Å². The van der Waals surface area contributed by atoms with E-state index in [-0.39, 0.29) is 5.97 Å². The normalized spacial score (nSPS) is 39.2. The van der Waals surface area contributed by atoms with Crippen LogP contribution in [0.15, 0.2) is 0 Å². The molecule has 2 saturated heterocycles. The van der Waals surface area contributed by atoms with Gasteiger partial charge >= 0.3 is 5.97 Å². The van der Waals surface area contributed by atoms with E-state index in [2.05, 4.69) is 4.90 Å². The summed E-state index contributed by atoms with van der Waals surface area (Å²) in [6, 6.07) is 0. The first-order valence-electron chi connectivity index (χ1n) is 6.11. The van der Waals surface area contributed by atoms with Gasteiger partial charge in [0.2, 0.25) is 0 Å². The molecule has 0 aromatic rings. The Bertz CT molecular complexity index is 304. The fourth-order valence-electron chi connectivity index (χ4n) is 3.08. The average Bonchev–Trinajstić information content (AvgIpc) is 2.70. The van der Waals surface area contributed by atoms with Gasteiger partial charge in [0.25, 0.3) is 0 Å². The number of rotatable bonds is 2. The van der Waals surface area contributed by atoms with Gasteiger partial charge in [-0.3, -0.25) is 4.79 Å². The Labute approximate surface area is 107 Å². The van der Waals surface area contributed by atoms with E-state index in [9.17, 15) is 9.90 Å². The number of esters is 1. The third kappa shape index (κ3) is 2.09. The lowest BCUT2D eigenvalue weighted by Gasteiger charge is -2.44. The highest BCUT2D eigenvalue weighted by molar-refractivity contribution is 7.99. The second kappa shape index (κ2) is 4.78. The Balaban J connectivity index is 2.29. The Morgan fingerprint density at radius 1 is 1.47 bits per heavy atom. The lowest BCUT2D eigenvalue weighted by atomic mass is 9.69. The lowest BCUT2D eigenvalue weighted by Crippen LogP contribution is -2.57. The average molecular weight is 259 g/mol. The summed E-state index contributed by atoms with van der Waals surface area (Å²) in [4.78, 5) is 14.3. The van der Waals surface area contributed by atoms with E-state index in [1.807, 2.05) is 7.05 Å². The van der Waals surface area contributed by atoms with E-state index in [1.165, 1.54) is 7.11 Å². The third-order valence-corrected chi connectivity index (χ3v) is 5.42. The number of methoxy groups -OCH3 is 1. The van der Waals surface area contributed by atoms with Crippen LogP contribution in [0, 0.1) is 5.41 Å². The van der Waals surface area contributed by atoms with Crippen molar-refractivity contribution in [3.8, 4) is 0 Å². The van der Waals surface area contributed by atoms with Crippen LogP contribution in [0.2, 0.25) is 0 Å². The molecule has 1 N–H and O–H groups in total. The number of thioether (sulfide) groups is 1. The van der Waals surface area contributed by atoms with E-state index >= 15 is 0 Å². The van der Waals surface area contributed by atoms with Crippen molar-refractivity contribution in [3.05, 3.63) is 0 Å². The minimum absolute atomic E-state index is 0.234. The van der Waals surface area contributed by atoms with Crippen molar-refractivity contribution in [1.82, 2.24) is 4.90 Å². The van der Waals surface area contributed by atoms with E-state index in [1.54, 1.807) is 11.8 Å². The summed E-state index contributed by atoms with van der Waals surface area (Å²) in [6.45, 7) is 1.42. The maximum Gasteiger partial charge on any atom is 0.315 e. The molecule has 5 heteroatoms. The van der Waals surface area contributed by atoms with Crippen LogP contribution < -0.4 is 0 Å². The maximum atomic E-state index is 12.2. The lowest BCUT2D eigenvalue weighted by molar-refractivity contribution is -0.170.